The van der Waals surface area contributed by atoms with Gasteiger partial charge in [0.05, 0.1) is 11.7 Å². The molecule has 5 nitrogen and oxygen atoms in total. The molecular formula is C12H19N3O2. The standard InChI is InChI=1S/C12H19N3O2/c1-2-3-9(16)7-15-11-6-8(13)4-5-10(11)12(14)17/h4-6,9,15-16H,2-3,7,13H2,1H3,(H2,14,17). The Labute approximate surface area is 101 Å². The summed E-state index contributed by atoms with van der Waals surface area (Å²) >= 11 is 0. The van der Waals surface area contributed by atoms with Crippen molar-refractivity contribution in [1.29, 1.82) is 0 Å². The van der Waals surface area contributed by atoms with Gasteiger partial charge in [-0.15, -0.1) is 0 Å². The van der Waals surface area contributed by atoms with Crippen LogP contribution in [0.15, 0.2) is 18.2 Å². The van der Waals surface area contributed by atoms with Gasteiger partial charge in [-0.3, -0.25) is 4.79 Å². The molecule has 0 aliphatic rings. The van der Waals surface area contributed by atoms with Gasteiger partial charge in [0.2, 0.25) is 0 Å². The summed E-state index contributed by atoms with van der Waals surface area (Å²) in [4.78, 5) is 11.2. The maximum Gasteiger partial charge on any atom is 0.250 e. The summed E-state index contributed by atoms with van der Waals surface area (Å²) in [6, 6.07) is 4.83. The molecule has 0 aliphatic carbocycles. The van der Waals surface area contributed by atoms with Gasteiger partial charge >= 0.3 is 0 Å². The fourth-order valence-electron chi connectivity index (χ4n) is 1.59. The van der Waals surface area contributed by atoms with Crippen LogP contribution in [0.5, 0.6) is 0 Å². The van der Waals surface area contributed by atoms with Crippen LogP contribution in [0.1, 0.15) is 30.1 Å². The molecule has 1 unspecified atom stereocenters. The number of aliphatic hydroxyl groups excluding tert-OH is 1. The first-order valence-corrected chi connectivity index (χ1v) is 5.65. The van der Waals surface area contributed by atoms with Gasteiger partial charge in [-0.1, -0.05) is 13.3 Å². The number of hydrogen-bond donors (Lipinski definition) is 4. The van der Waals surface area contributed by atoms with Crippen molar-refractivity contribution in [3.05, 3.63) is 23.8 Å². The smallest absolute Gasteiger partial charge is 0.250 e. The van der Waals surface area contributed by atoms with E-state index in [1.165, 1.54) is 0 Å². The van der Waals surface area contributed by atoms with Crippen LogP contribution < -0.4 is 16.8 Å². The molecule has 0 bridgehead atoms. The van der Waals surface area contributed by atoms with E-state index in [0.717, 1.165) is 6.42 Å². The molecule has 0 spiro atoms. The Morgan fingerprint density at radius 1 is 1.53 bits per heavy atom. The third kappa shape index (κ3) is 3.96. The number of rotatable bonds is 6. The van der Waals surface area contributed by atoms with Crippen molar-refractivity contribution in [3.8, 4) is 0 Å². The third-order valence-electron chi connectivity index (χ3n) is 2.46. The molecule has 0 aromatic heterocycles. The molecule has 5 heteroatoms. The Morgan fingerprint density at radius 2 is 2.24 bits per heavy atom. The fourth-order valence-corrected chi connectivity index (χ4v) is 1.59. The van der Waals surface area contributed by atoms with Crippen LogP contribution in [0.3, 0.4) is 0 Å². The zero-order chi connectivity index (χ0) is 12.8. The molecule has 0 radical (unpaired) electrons. The van der Waals surface area contributed by atoms with Crippen molar-refractivity contribution in [2.24, 2.45) is 5.73 Å². The van der Waals surface area contributed by atoms with Gasteiger partial charge in [-0.2, -0.15) is 0 Å². The van der Waals surface area contributed by atoms with E-state index in [2.05, 4.69) is 5.32 Å². The minimum atomic E-state index is -0.516. The number of amides is 1. The first-order valence-electron chi connectivity index (χ1n) is 5.65. The number of primary amides is 1. The average molecular weight is 237 g/mol. The summed E-state index contributed by atoms with van der Waals surface area (Å²) in [7, 11) is 0. The molecule has 0 heterocycles. The quantitative estimate of drug-likeness (QED) is 0.553. The van der Waals surface area contributed by atoms with Crippen LogP contribution in [-0.4, -0.2) is 23.7 Å². The topological polar surface area (TPSA) is 101 Å². The van der Waals surface area contributed by atoms with Crippen molar-refractivity contribution < 1.29 is 9.90 Å². The number of anilines is 2. The Bertz CT molecular complexity index is 393. The van der Waals surface area contributed by atoms with Gasteiger partial charge in [-0.05, 0) is 24.6 Å². The highest BCUT2D eigenvalue weighted by atomic mass is 16.3. The lowest BCUT2D eigenvalue weighted by molar-refractivity contribution is 0.100. The first-order chi connectivity index (χ1) is 8.04. The van der Waals surface area contributed by atoms with Gasteiger partial charge in [0.1, 0.15) is 0 Å². The fraction of sp³-hybridized carbons (Fsp3) is 0.417. The monoisotopic (exact) mass is 237 g/mol. The van der Waals surface area contributed by atoms with E-state index in [0.29, 0.717) is 29.9 Å². The average Bonchev–Trinajstić information content (AvgIpc) is 2.26. The van der Waals surface area contributed by atoms with Crippen molar-refractivity contribution in [2.45, 2.75) is 25.9 Å². The van der Waals surface area contributed by atoms with E-state index >= 15 is 0 Å². The summed E-state index contributed by atoms with van der Waals surface area (Å²) in [6.45, 7) is 2.37. The van der Waals surface area contributed by atoms with Crippen molar-refractivity contribution >= 4 is 17.3 Å². The highest BCUT2D eigenvalue weighted by Crippen LogP contribution is 2.19. The Hall–Kier alpha value is -1.75. The summed E-state index contributed by atoms with van der Waals surface area (Å²) in [6.07, 6.45) is 1.17. The van der Waals surface area contributed by atoms with Gasteiger partial charge in [0.15, 0.2) is 0 Å². The lowest BCUT2D eigenvalue weighted by Crippen LogP contribution is -2.21. The minimum absolute atomic E-state index is 0.373. The number of hydrogen-bond acceptors (Lipinski definition) is 4. The highest BCUT2D eigenvalue weighted by Gasteiger charge is 2.09. The van der Waals surface area contributed by atoms with E-state index < -0.39 is 12.0 Å². The minimum Gasteiger partial charge on any atom is -0.399 e. The van der Waals surface area contributed by atoms with Crippen LogP contribution >= 0.6 is 0 Å². The highest BCUT2D eigenvalue weighted by molar-refractivity contribution is 5.99. The lowest BCUT2D eigenvalue weighted by Gasteiger charge is -2.14. The van der Waals surface area contributed by atoms with Crippen LogP contribution in [0.4, 0.5) is 11.4 Å². The second-order valence-corrected chi connectivity index (χ2v) is 3.99. The number of carbonyl (C=O) groups is 1. The van der Waals surface area contributed by atoms with Gasteiger partial charge in [0, 0.05) is 17.9 Å². The molecule has 1 rings (SSSR count). The van der Waals surface area contributed by atoms with E-state index in [1.807, 2.05) is 6.92 Å². The Morgan fingerprint density at radius 3 is 2.82 bits per heavy atom. The number of aliphatic hydroxyl groups is 1. The zero-order valence-corrected chi connectivity index (χ0v) is 9.94. The van der Waals surface area contributed by atoms with Gasteiger partial charge < -0.3 is 21.9 Å². The molecular weight excluding hydrogens is 218 g/mol. The summed E-state index contributed by atoms with van der Waals surface area (Å²) in [5.74, 6) is -0.516. The van der Waals surface area contributed by atoms with Crippen LogP contribution in [0, 0.1) is 0 Å². The van der Waals surface area contributed by atoms with Crippen LogP contribution in [0.2, 0.25) is 0 Å². The maximum atomic E-state index is 11.2. The number of nitrogens with two attached hydrogens (primary N) is 2. The van der Waals surface area contributed by atoms with Crippen molar-refractivity contribution in [3.63, 3.8) is 0 Å². The van der Waals surface area contributed by atoms with E-state index in [-0.39, 0.29) is 0 Å². The molecule has 0 fully saturated rings. The molecule has 1 atom stereocenters. The molecule has 17 heavy (non-hydrogen) atoms. The zero-order valence-electron chi connectivity index (χ0n) is 9.94. The molecule has 0 saturated carbocycles. The normalized spacial score (nSPS) is 12.1. The van der Waals surface area contributed by atoms with Crippen LogP contribution in [-0.2, 0) is 0 Å². The molecule has 1 aromatic rings. The molecule has 1 amide bonds. The maximum absolute atomic E-state index is 11.2. The van der Waals surface area contributed by atoms with Crippen molar-refractivity contribution in [2.75, 3.05) is 17.6 Å². The molecule has 1 aromatic carbocycles. The lowest BCUT2D eigenvalue weighted by atomic mass is 10.1. The summed E-state index contributed by atoms with van der Waals surface area (Å²) in [5, 5.41) is 12.6. The predicted octanol–water partition coefficient (Wildman–Crippen LogP) is 0.941. The number of carbonyl (C=O) groups excluding carboxylic acids is 1. The van der Waals surface area contributed by atoms with E-state index in [9.17, 15) is 9.90 Å². The second kappa shape index (κ2) is 6.10. The largest absolute Gasteiger partial charge is 0.399 e. The molecule has 0 saturated heterocycles. The SMILES string of the molecule is CCCC(O)CNc1cc(N)ccc1C(N)=O. The van der Waals surface area contributed by atoms with Gasteiger partial charge in [0.25, 0.3) is 5.91 Å². The third-order valence-corrected chi connectivity index (χ3v) is 2.46. The van der Waals surface area contributed by atoms with E-state index in [4.69, 9.17) is 11.5 Å². The Balaban J connectivity index is 2.75. The predicted molar refractivity (Wildman–Crippen MR) is 68.8 cm³/mol. The summed E-state index contributed by atoms with van der Waals surface area (Å²) in [5.41, 5.74) is 12.4. The summed E-state index contributed by atoms with van der Waals surface area (Å²) < 4.78 is 0. The van der Waals surface area contributed by atoms with Crippen molar-refractivity contribution in [1.82, 2.24) is 0 Å². The second-order valence-electron chi connectivity index (χ2n) is 3.99. The van der Waals surface area contributed by atoms with Gasteiger partial charge in [-0.25, -0.2) is 0 Å². The molecule has 0 aliphatic heterocycles. The first kappa shape index (κ1) is 13.3. The number of nitrogens with one attached hydrogen (secondary N) is 1. The number of nitrogen functional groups attached to an aromatic ring is 1. The number of benzene rings is 1. The van der Waals surface area contributed by atoms with Crippen LogP contribution in [0.25, 0.3) is 0 Å². The molecule has 6 N–H and O–H groups in total. The Kier molecular flexibility index (Phi) is 4.78. The van der Waals surface area contributed by atoms with E-state index in [1.54, 1.807) is 18.2 Å². The molecule has 94 valence electrons.